The van der Waals surface area contributed by atoms with E-state index < -0.39 is 0 Å². The second kappa shape index (κ2) is 10.0. The number of aliphatic imine (C=N–C) groups is 1. The lowest BCUT2D eigenvalue weighted by molar-refractivity contribution is -0.124. The molecule has 2 aromatic carbocycles. The summed E-state index contributed by atoms with van der Waals surface area (Å²) in [5.74, 6) is 0.349. The molecule has 6 nitrogen and oxygen atoms in total. The number of nitrogens with one attached hydrogen (secondary N) is 2. The van der Waals surface area contributed by atoms with Gasteiger partial charge in [0.25, 0.3) is 5.91 Å². The maximum absolute atomic E-state index is 13.4. The Kier molecular flexibility index (Phi) is 7.19. The van der Waals surface area contributed by atoms with Gasteiger partial charge in [0.15, 0.2) is 5.96 Å². The first-order valence-electron chi connectivity index (χ1n) is 9.73. The van der Waals surface area contributed by atoms with Crippen LogP contribution in [0.3, 0.4) is 0 Å². The predicted octanol–water partition coefficient (Wildman–Crippen LogP) is 3.15. The smallest absolute Gasteiger partial charge is 0.253 e. The van der Waals surface area contributed by atoms with Crippen LogP contribution in [0.2, 0.25) is 0 Å². The Morgan fingerprint density at radius 1 is 1.24 bits per heavy atom. The Morgan fingerprint density at radius 3 is 2.76 bits per heavy atom. The van der Waals surface area contributed by atoms with E-state index in [-0.39, 0.29) is 17.8 Å². The molecule has 2 N–H and O–H groups in total. The van der Waals surface area contributed by atoms with Gasteiger partial charge in [-0.1, -0.05) is 24.3 Å². The van der Waals surface area contributed by atoms with Crippen molar-refractivity contribution in [2.75, 3.05) is 26.0 Å². The predicted molar refractivity (Wildman–Crippen MR) is 112 cm³/mol. The second-order valence-corrected chi connectivity index (χ2v) is 7.08. The van der Waals surface area contributed by atoms with E-state index in [1.807, 2.05) is 42.3 Å². The normalized spacial score (nSPS) is 16.5. The van der Waals surface area contributed by atoms with Crippen molar-refractivity contribution in [3.05, 3.63) is 65.5 Å². The zero-order chi connectivity index (χ0) is 20.6. The summed E-state index contributed by atoms with van der Waals surface area (Å²) >= 11 is 0. The van der Waals surface area contributed by atoms with Gasteiger partial charge in [0.05, 0.1) is 0 Å². The number of nitrogens with zero attached hydrogens (tertiary/aromatic N) is 2. The van der Waals surface area contributed by atoms with Crippen molar-refractivity contribution in [2.45, 2.75) is 32.0 Å². The van der Waals surface area contributed by atoms with Crippen molar-refractivity contribution in [1.29, 1.82) is 0 Å². The summed E-state index contributed by atoms with van der Waals surface area (Å²) in [5, 5.41) is 6.22. The average Bonchev–Trinajstić information content (AvgIpc) is 3.24. The van der Waals surface area contributed by atoms with Gasteiger partial charge in [0, 0.05) is 39.5 Å². The van der Waals surface area contributed by atoms with Crippen LogP contribution in [0, 0.1) is 5.82 Å². The van der Waals surface area contributed by atoms with Crippen molar-refractivity contribution in [3.63, 3.8) is 0 Å². The molecule has 1 aliphatic rings. The first-order chi connectivity index (χ1) is 14.0. The van der Waals surface area contributed by atoms with E-state index in [0.717, 1.165) is 29.7 Å². The van der Waals surface area contributed by atoms with E-state index in [2.05, 4.69) is 15.6 Å². The highest BCUT2D eigenvalue weighted by Crippen LogP contribution is 2.16. The number of rotatable bonds is 6. The fraction of sp³-hybridized carbons (Fsp3) is 0.364. The van der Waals surface area contributed by atoms with Gasteiger partial charge in [-0.15, -0.1) is 0 Å². The standard InChI is InChI=1S/C22H27FN4O2/c1-24-22(27(2)15-17-7-3-8-18(23)12-17)25-14-16-6-4-9-19(13-16)26-21(28)20-10-5-11-29-20/h3-4,6-9,12-13,20H,5,10-11,14-15H2,1-2H3,(H,24,25)(H,26,28). The maximum atomic E-state index is 13.4. The van der Waals surface area contributed by atoms with Gasteiger partial charge >= 0.3 is 0 Å². The van der Waals surface area contributed by atoms with Crippen LogP contribution in [0.1, 0.15) is 24.0 Å². The Morgan fingerprint density at radius 2 is 2.03 bits per heavy atom. The number of carbonyl (C=O) groups is 1. The molecule has 1 unspecified atom stereocenters. The third-order valence-electron chi connectivity index (χ3n) is 4.75. The van der Waals surface area contributed by atoms with Crippen LogP contribution in [-0.2, 0) is 22.6 Å². The summed E-state index contributed by atoms with van der Waals surface area (Å²) < 4.78 is 18.8. The van der Waals surface area contributed by atoms with Crippen LogP contribution in [-0.4, -0.2) is 43.6 Å². The van der Waals surface area contributed by atoms with E-state index >= 15 is 0 Å². The summed E-state index contributed by atoms with van der Waals surface area (Å²) in [7, 11) is 3.61. The molecular formula is C22H27FN4O2. The molecule has 1 aliphatic heterocycles. The number of carbonyl (C=O) groups excluding carboxylic acids is 1. The highest BCUT2D eigenvalue weighted by atomic mass is 19.1. The van der Waals surface area contributed by atoms with E-state index in [0.29, 0.717) is 25.7 Å². The number of hydrogen-bond donors (Lipinski definition) is 2. The molecule has 2 aromatic rings. The van der Waals surface area contributed by atoms with E-state index in [9.17, 15) is 9.18 Å². The van der Waals surface area contributed by atoms with Gasteiger partial charge in [0.2, 0.25) is 0 Å². The van der Waals surface area contributed by atoms with Gasteiger partial charge in [-0.05, 0) is 48.2 Å². The topological polar surface area (TPSA) is 66.0 Å². The third-order valence-corrected chi connectivity index (χ3v) is 4.75. The Balaban J connectivity index is 1.55. The van der Waals surface area contributed by atoms with Crippen LogP contribution in [0.15, 0.2) is 53.5 Å². The average molecular weight is 398 g/mol. The third kappa shape index (κ3) is 6.02. The zero-order valence-electron chi connectivity index (χ0n) is 16.8. The fourth-order valence-corrected chi connectivity index (χ4v) is 3.32. The first-order valence-corrected chi connectivity index (χ1v) is 9.73. The van der Waals surface area contributed by atoms with E-state index in [1.165, 1.54) is 12.1 Å². The van der Waals surface area contributed by atoms with Crippen molar-refractivity contribution < 1.29 is 13.9 Å². The molecule has 0 aliphatic carbocycles. The van der Waals surface area contributed by atoms with Gasteiger partial charge in [0.1, 0.15) is 11.9 Å². The Bertz CT molecular complexity index is 865. The van der Waals surface area contributed by atoms with Gasteiger partial charge < -0.3 is 20.3 Å². The molecular weight excluding hydrogens is 371 g/mol. The molecule has 29 heavy (non-hydrogen) atoms. The SMILES string of the molecule is CN=C(NCc1cccc(NC(=O)C2CCCO2)c1)N(C)Cc1cccc(F)c1. The van der Waals surface area contributed by atoms with Gasteiger partial charge in [-0.3, -0.25) is 9.79 Å². The number of hydrogen-bond acceptors (Lipinski definition) is 3. The lowest BCUT2D eigenvalue weighted by Gasteiger charge is -2.22. The van der Waals surface area contributed by atoms with Crippen molar-refractivity contribution in [2.24, 2.45) is 4.99 Å². The maximum Gasteiger partial charge on any atom is 0.253 e. The first kappa shape index (κ1) is 20.8. The number of guanidine groups is 1. The van der Waals surface area contributed by atoms with Crippen molar-refractivity contribution >= 4 is 17.6 Å². The number of benzene rings is 2. The molecule has 1 amide bonds. The summed E-state index contributed by atoms with van der Waals surface area (Å²) in [6.45, 7) is 1.73. The molecule has 0 aromatic heterocycles. The zero-order valence-corrected chi connectivity index (χ0v) is 16.8. The molecule has 7 heteroatoms. The van der Waals surface area contributed by atoms with Gasteiger partial charge in [-0.25, -0.2) is 4.39 Å². The summed E-state index contributed by atoms with van der Waals surface area (Å²) in [6.07, 6.45) is 1.33. The molecule has 3 rings (SSSR count). The number of anilines is 1. The Hall–Kier alpha value is -2.93. The molecule has 154 valence electrons. The van der Waals surface area contributed by atoms with Crippen LogP contribution >= 0.6 is 0 Å². The second-order valence-electron chi connectivity index (χ2n) is 7.08. The Labute approximate surface area is 170 Å². The summed E-state index contributed by atoms with van der Waals surface area (Å²) in [5.41, 5.74) is 2.62. The minimum atomic E-state index is -0.355. The van der Waals surface area contributed by atoms with Crippen molar-refractivity contribution in [3.8, 4) is 0 Å². The molecule has 0 radical (unpaired) electrons. The number of ether oxygens (including phenoxy) is 1. The quantitative estimate of drug-likeness (QED) is 0.580. The summed E-state index contributed by atoms with van der Waals surface area (Å²) in [6, 6.07) is 14.2. The van der Waals surface area contributed by atoms with Gasteiger partial charge in [-0.2, -0.15) is 0 Å². The molecule has 0 spiro atoms. The van der Waals surface area contributed by atoms with E-state index in [4.69, 9.17) is 4.74 Å². The molecule has 0 saturated carbocycles. The highest BCUT2D eigenvalue weighted by Gasteiger charge is 2.23. The van der Waals surface area contributed by atoms with Crippen LogP contribution in [0.5, 0.6) is 0 Å². The molecule has 1 saturated heterocycles. The lowest BCUT2D eigenvalue weighted by atomic mass is 10.2. The van der Waals surface area contributed by atoms with Crippen LogP contribution in [0.4, 0.5) is 10.1 Å². The molecule has 1 atom stereocenters. The molecule has 1 heterocycles. The monoisotopic (exact) mass is 398 g/mol. The fourth-order valence-electron chi connectivity index (χ4n) is 3.32. The minimum Gasteiger partial charge on any atom is -0.368 e. The molecule has 0 bridgehead atoms. The number of halogens is 1. The molecule has 1 fully saturated rings. The van der Waals surface area contributed by atoms with E-state index in [1.54, 1.807) is 13.1 Å². The highest BCUT2D eigenvalue weighted by molar-refractivity contribution is 5.94. The van der Waals surface area contributed by atoms with Crippen molar-refractivity contribution in [1.82, 2.24) is 10.2 Å². The summed E-state index contributed by atoms with van der Waals surface area (Å²) in [4.78, 5) is 18.4. The van der Waals surface area contributed by atoms with Crippen LogP contribution in [0.25, 0.3) is 0 Å². The minimum absolute atomic E-state index is 0.0988. The largest absolute Gasteiger partial charge is 0.368 e. The lowest BCUT2D eigenvalue weighted by Crippen LogP contribution is -2.38. The van der Waals surface area contributed by atoms with Crippen LogP contribution < -0.4 is 10.6 Å². The number of amides is 1.